The van der Waals surface area contributed by atoms with Gasteiger partial charge in [0.1, 0.15) is 0 Å². The zero-order valence-corrected chi connectivity index (χ0v) is 12.4. The van der Waals surface area contributed by atoms with Gasteiger partial charge in [-0.3, -0.25) is 4.79 Å². The van der Waals surface area contributed by atoms with Gasteiger partial charge < -0.3 is 10.2 Å². The fourth-order valence-corrected chi connectivity index (χ4v) is 3.72. The molecule has 1 aromatic carbocycles. The Morgan fingerprint density at radius 2 is 2.00 bits per heavy atom. The maximum absolute atomic E-state index is 12.4. The average molecular weight is 293 g/mol. The van der Waals surface area contributed by atoms with E-state index in [0.717, 1.165) is 32.5 Å². The highest BCUT2D eigenvalue weighted by Gasteiger charge is 2.41. The Kier molecular flexibility index (Phi) is 3.74. The molecule has 2 fully saturated rings. The van der Waals surface area contributed by atoms with Gasteiger partial charge in [0.25, 0.3) is 0 Å². The lowest BCUT2D eigenvalue weighted by Gasteiger charge is -2.29. The first-order valence-corrected chi connectivity index (χ1v) is 7.43. The number of rotatable bonds is 1. The summed E-state index contributed by atoms with van der Waals surface area (Å²) in [5.74, 6) is 1.23. The molecule has 1 saturated heterocycles. The highest BCUT2D eigenvalue weighted by Crippen LogP contribution is 2.36. The summed E-state index contributed by atoms with van der Waals surface area (Å²) in [6, 6.07) is 9.13. The predicted octanol–water partition coefficient (Wildman–Crippen LogP) is 2.31. The van der Waals surface area contributed by atoms with Crippen LogP contribution in [0.15, 0.2) is 24.3 Å². The number of fused-ring (bicyclic) bond motifs is 3. The summed E-state index contributed by atoms with van der Waals surface area (Å²) in [6.45, 7) is 2.75. The molecule has 20 heavy (non-hydrogen) atoms. The Morgan fingerprint density at radius 3 is 2.75 bits per heavy atom. The number of carbonyl (C=O) groups is 1. The molecular formula is C16H21ClN2O. The molecule has 3 nitrogen and oxygen atoms in total. The molecule has 2 atom stereocenters. The minimum Gasteiger partial charge on any atom is -0.340 e. The lowest BCUT2D eigenvalue weighted by molar-refractivity contribution is -0.137. The molecule has 1 saturated carbocycles. The zero-order valence-electron chi connectivity index (χ0n) is 11.5. The van der Waals surface area contributed by atoms with Gasteiger partial charge in [0.15, 0.2) is 0 Å². The lowest BCUT2D eigenvalue weighted by atomic mass is 9.84. The number of carbonyl (C=O) groups excluding carboxylic acids is 1. The van der Waals surface area contributed by atoms with Crippen molar-refractivity contribution in [2.75, 3.05) is 13.1 Å². The van der Waals surface area contributed by atoms with E-state index in [9.17, 15) is 4.79 Å². The fourth-order valence-electron chi connectivity index (χ4n) is 3.72. The van der Waals surface area contributed by atoms with E-state index in [0.29, 0.717) is 23.8 Å². The smallest absolute Gasteiger partial charge is 0.225 e. The van der Waals surface area contributed by atoms with Gasteiger partial charge in [0.2, 0.25) is 5.91 Å². The molecule has 0 unspecified atom stereocenters. The second kappa shape index (κ2) is 5.38. The van der Waals surface area contributed by atoms with E-state index < -0.39 is 0 Å². The van der Waals surface area contributed by atoms with E-state index >= 15 is 0 Å². The van der Waals surface area contributed by atoms with E-state index in [4.69, 9.17) is 0 Å². The van der Waals surface area contributed by atoms with Crippen molar-refractivity contribution < 1.29 is 4.79 Å². The van der Waals surface area contributed by atoms with Crippen LogP contribution >= 0.6 is 12.4 Å². The molecule has 108 valence electrons. The van der Waals surface area contributed by atoms with Crippen LogP contribution in [0.25, 0.3) is 0 Å². The van der Waals surface area contributed by atoms with Crippen molar-refractivity contribution in [3.8, 4) is 0 Å². The SMILES string of the molecule is Cl.O=C(C1CCC1)N1C[C@H]2NCc3ccccc3[C@@H]2C1. The topological polar surface area (TPSA) is 32.3 Å². The van der Waals surface area contributed by atoms with Crippen molar-refractivity contribution in [2.24, 2.45) is 5.92 Å². The molecule has 4 heteroatoms. The third-order valence-electron chi connectivity index (χ3n) is 5.10. The molecule has 2 heterocycles. The summed E-state index contributed by atoms with van der Waals surface area (Å²) < 4.78 is 0. The summed E-state index contributed by atoms with van der Waals surface area (Å²) in [7, 11) is 0. The molecule has 0 radical (unpaired) electrons. The summed E-state index contributed by atoms with van der Waals surface area (Å²) in [6.07, 6.45) is 3.45. The molecule has 1 aliphatic carbocycles. The van der Waals surface area contributed by atoms with Crippen LogP contribution < -0.4 is 5.32 Å². The molecule has 3 aliphatic rings. The average Bonchev–Trinajstić information content (AvgIpc) is 2.81. The highest BCUT2D eigenvalue weighted by atomic mass is 35.5. The first-order chi connectivity index (χ1) is 9.33. The zero-order chi connectivity index (χ0) is 12.8. The molecule has 1 aromatic rings. The molecule has 4 rings (SSSR count). The van der Waals surface area contributed by atoms with E-state index in [1.54, 1.807) is 0 Å². The Labute approximate surface area is 126 Å². The number of likely N-dealkylation sites (tertiary alicyclic amines) is 1. The van der Waals surface area contributed by atoms with Crippen molar-refractivity contribution in [1.29, 1.82) is 0 Å². The maximum atomic E-state index is 12.4. The van der Waals surface area contributed by atoms with Gasteiger partial charge >= 0.3 is 0 Å². The monoisotopic (exact) mass is 292 g/mol. The van der Waals surface area contributed by atoms with Crippen LogP contribution in [-0.4, -0.2) is 29.9 Å². The maximum Gasteiger partial charge on any atom is 0.225 e. The van der Waals surface area contributed by atoms with E-state index in [1.807, 2.05) is 0 Å². The minimum atomic E-state index is 0. The van der Waals surface area contributed by atoms with Crippen molar-refractivity contribution in [2.45, 2.75) is 37.8 Å². The Morgan fingerprint density at radius 1 is 1.20 bits per heavy atom. The van der Waals surface area contributed by atoms with Gasteiger partial charge in [-0.2, -0.15) is 0 Å². The molecule has 2 aliphatic heterocycles. The van der Waals surface area contributed by atoms with Gasteiger partial charge in [0.05, 0.1) is 0 Å². The Balaban J connectivity index is 0.00000121. The van der Waals surface area contributed by atoms with Crippen LogP contribution in [0.2, 0.25) is 0 Å². The Hall–Kier alpha value is -1.06. The number of hydrogen-bond donors (Lipinski definition) is 1. The standard InChI is InChI=1S/C16H20N2O.ClH/c19-16(11-5-3-6-11)18-9-14-13-7-2-1-4-12(13)8-17-15(14)10-18;/h1-2,4,7,11,14-15,17H,3,5-6,8-10H2;1H/t14-,15+;/m0./s1. The van der Waals surface area contributed by atoms with Crippen molar-refractivity contribution in [3.05, 3.63) is 35.4 Å². The number of hydrogen-bond acceptors (Lipinski definition) is 2. The van der Waals surface area contributed by atoms with E-state index in [2.05, 4.69) is 34.5 Å². The first-order valence-electron chi connectivity index (χ1n) is 7.43. The third kappa shape index (κ3) is 2.13. The fraction of sp³-hybridized carbons (Fsp3) is 0.562. The number of benzene rings is 1. The van der Waals surface area contributed by atoms with Crippen LogP contribution in [0.4, 0.5) is 0 Å². The second-order valence-electron chi connectivity index (χ2n) is 6.16. The summed E-state index contributed by atoms with van der Waals surface area (Å²) in [5, 5.41) is 3.60. The summed E-state index contributed by atoms with van der Waals surface area (Å²) >= 11 is 0. The molecule has 1 N–H and O–H groups in total. The van der Waals surface area contributed by atoms with Crippen molar-refractivity contribution >= 4 is 18.3 Å². The quantitative estimate of drug-likeness (QED) is 0.861. The van der Waals surface area contributed by atoms with Gasteiger partial charge in [-0.15, -0.1) is 12.4 Å². The van der Waals surface area contributed by atoms with Gasteiger partial charge in [0, 0.05) is 37.5 Å². The van der Waals surface area contributed by atoms with Gasteiger partial charge in [-0.05, 0) is 24.0 Å². The number of nitrogens with one attached hydrogen (secondary N) is 1. The van der Waals surface area contributed by atoms with Crippen LogP contribution in [0.5, 0.6) is 0 Å². The van der Waals surface area contributed by atoms with Crippen molar-refractivity contribution in [1.82, 2.24) is 10.2 Å². The van der Waals surface area contributed by atoms with Gasteiger partial charge in [-0.1, -0.05) is 30.7 Å². The molecule has 0 aromatic heterocycles. The summed E-state index contributed by atoms with van der Waals surface area (Å²) in [5.41, 5.74) is 2.86. The van der Waals surface area contributed by atoms with Crippen LogP contribution in [0, 0.1) is 5.92 Å². The van der Waals surface area contributed by atoms with Crippen LogP contribution in [0.3, 0.4) is 0 Å². The van der Waals surface area contributed by atoms with Crippen molar-refractivity contribution in [3.63, 3.8) is 0 Å². The molecule has 0 spiro atoms. The lowest BCUT2D eigenvalue weighted by Crippen LogP contribution is -2.41. The predicted molar refractivity (Wildman–Crippen MR) is 81.0 cm³/mol. The van der Waals surface area contributed by atoms with Crippen LogP contribution in [-0.2, 0) is 11.3 Å². The molecular weight excluding hydrogens is 272 g/mol. The normalized spacial score (nSPS) is 28.1. The second-order valence-corrected chi connectivity index (χ2v) is 6.16. The number of amides is 1. The molecule has 0 bridgehead atoms. The van der Waals surface area contributed by atoms with Gasteiger partial charge in [-0.25, -0.2) is 0 Å². The third-order valence-corrected chi connectivity index (χ3v) is 5.10. The molecule has 1 amide bonds. The Bertz CT molecular complexity index is 515. The summed E-state index contributed by atoms with van der Waals surface area (Å²) in [4.78, 5) is 14.5. The minimum absolute atomic E-state index is 0. The largest absolute Gasteiger partial charge is 0.340 e. The highest BCUT2D eigenvalue weighted by molar-refractivity contribution is 5.85. The van der Waals surface area contributed by atoms with E-state index in [1.165, 1.54) is 17.5 Å². The van der Waals surface area contributed by atoms with E-state index in [-0.39, 0.29) is 12.4 Å². The van der Waals surface area contributed by atoms with Crippen LogP contribution in [0.1, 0.15) is 36.3 Å². The number of halogens is 1. The first kappa shape index (κ1) is 13.9. The number of nitrogens with zero attached hydrogens (tertiary/aromatic N) is 1.